The summed E-state index contributed by atoms with van der Waals surface area (Å²) in [5.41, 5.74) is 1.07. The van der Waals surface area contributed by atoms with Gasteiger partial charge in [-0.15, -0.1) is 0 Å². The van der Waals surface area contributed by atoms with Crippen LogP contribution in [0.3, 0.4) is 0 Å². The van der Waals surface area contributed by atoms with Gasteiger partial charge < -0.3 is 9.80 Å². The molecule has 0 radical (unpaired) electrons. The smallest absolute Gasteiger partial charge is 0.232 e. The van der Waals surface area contributed by atoms with Gasteiger partial charge in [0.15, 0.2) is 0 Å². The summed E-state index contributed by atoms with van der Waals surface area (Å²) in [4.78, 5) is 16.3. The third-order valence-corrected chi connectivity index (χ3v) is 6.54. The van der Waals surface area contributed by atoms with Crippen molar-refractivity contribution in [2.45, 2.75) is 12.8 Å². The lowest BCUT2D eigenvalue weighted by atomic mass is 10.2. The summed E-state index contributed by atoms with van der Waals surface area (Å²) in [6, 6.07) is 13.2. The van der Waals surface area contributed by atoms with E-state index in [2.05, 4.69) is 0 Å². The summed E-state index contributed by atoms with van der Waals surface area (Å²) in [5, 5.41) is 0.525. The molecule has 2 aromatic rings. The fourth-order valence-corrected chi connectivity index (χ4v) is 4.62. The average molecular weight is 454 g/mol. The molecule has 0 saturated carbocycles. The fourth-order valence-electron chi connectivity index (χ4n) is 3.53. The van der Waals surface area contributed by atoms with Gasteiger partial charge in [-0.05, 0) is 42.8 Å². The Morgan fingerprint density at radius 1 is 1.07 bits per heavy atom. The summed E-state index contributed by atoms with van der Waals surface area (Å²) in [7, 11) is -3.47. The van der Waals surface area contributed by atoms with Crippen molar-refractivity contribution in [3.05, 3.63) is 59.4 Å². The van der Waals surface area contributed by atoms with Gasteiger partial charge in [0.2, 0.25) is 15.9 Å². The van der Waals surface area contributed by atoms with E-state index in [9.17, 15) is 17.6 Å². The van der Waals surface area contributed by atoms with E-state index in [4.69, 9.17) is 11.6 Å². The molecule has 30 heavy (non-hydrogen) atoms. The molecule has 1 fully saturated rings. The second-order valence-corrected chi connectivity index (χ2v) is 9.58. The minimum Gasteiger partial charge on any atom is -0.366 e. The first-order chi connectivity index (χ1) is 14.3. The van der Waals surface area contributed by atoms with Gasteiger partial charge in [-0.25, -0.2) is 12.8 Å². The predicted octanol–water partition coefficient (Wildman–Crippen LogP) is 3.37. The number of sulfonamides is 1. The van der Waals surface area contributed by atoms with Gasteiger partial charge in [-0.1, -0.05) is 23.7 Å². The Bertz CT molecular complexity index is 977. The van der Waals surface area contributed by atoms with Crippen LogP contribution in [0, 0.1) is 5.82 Å². The molecule has 1 heterocycles. The van der Waals surface area contributed by atoms with Crippen LogP contribution in [-0.4, -0.2) is 58.2 Å². The Morgan fingerprint density at radius 2 is 1.70 bits per heavy atom. The van der Waals surface area contributed by atoms with Crippen molar-refractivity contribution in [3.8, 4) is 0 Å². The molecule has 0 unspecified atom stereocenters. The zero-order chi connectivity index (χ0) is 21.7. The van der Waals surface area contributed by atoms with Gasteiger partial charge in [0.1, 0.15) is 5.82 Å². The number of benzene rings is 2. The molecule has 3 rings (SSSR count). The number of carbonyl (C=O) groups is 1. The molecule has 0 bridgehead atoms. The molecular formula is C21H25ClFN3O3S. The van der Waals surface area contributed by atoms with Gasteiger partial charge in [0.05, 0.1) is 17.6 Å². The van der Waals surface area contributed by atoms with Crippen LogP contribution in [0.1, 0.15) is 12.8 Å². The van der Waals surface area contributed by atoms with Crippen LogP contribution in [0.25, 0.3) is 0 Å². The number of anilines is 2. The third-order valence-electron chi connectivity index (χ3n) is 5.09. The van der Waals surface area contributed by atoms with Crippen LogP contribution < -0.4 is 9.21 Å². The Labute approximate surface area is 181 Å². The Morgan fingerprint density at radius 3 is 2.30 bits per heavy atom. The van der Waals surface area contributed by atoms with Crippen molar-refractivity contribution in [3.63, 3.8) is 0 Å². The Balaban J connectivity index is 1.51. The maximum atomic E-state index is 13.9. The third kappa shape index (κ3) is 5.64. The lowest BCUT2D eigenvalue weighted by Gasteiger charge is -2.36. The lowest BCUT2D eigenvalue weighted by Crippen LogP contribution is -2.49. The minimum atomic E-state index is -3.47. The van der Waals surface area contributed by atoms with Gasteiger partial charge in [-0.2, -0.15) is 0 Å². The van der Waals surface area contributed by atoms with Crippen LogP contribution in [0.15, 0.2) is 48.5 Å². The van der Waals surface area contributed by atoms with Crippen LogP contribution in [0.2, 0.25) is 5.02 Å². The highest BCUT2D eigenvalue weighted by Gasteiger charge is 2.23. The largest absolute Gasteiger partial charge is 0.366 e. The highest BCUT2D eigenvalue weighted by Crippen LogP contribution is 2.22. The average Bonchev–Trinajstić information content (AvgIpc) is 2.72. The van der Waals surface area contributed by atoms with Crippen LogP contribution in [0.5, 0.6) is 0 Å². The van der Waals surface area contributed by atoms with Crippen molar-refractivity contribution < 1.29 is 17.6 Å². The SMILES string of the molecule is CS(=O)(=O)N(CCCC(=O)N1CCN(c2ccccc2F)CC1)c1ccc(Cl)cc1. The zero-order valence-electron chi connectivity index (χ0n) is 16.8. The number of hydrogen-bond acceptors (Lipinski definition) is 4. The van der Waals surface area contributed by atoms with Gasteiger partial charge in [0, 0.05) is 44.2 Å². The summed E-state index contributed by atoms with van der Waals surface area (Å²) in [6.07, 6.45) is 1.80. The highest BCUT2D eigenvalue weighted by atomic mass is 35.5. The van der Waals surface area contributed by atoms with Crippen molar-refractivity contribution >= 4 is 38.9 Å². The summed E-state index contributed by atoms with van der Waals surface area (Å²) in [5.74, 6) is -0.284. The second-order valence-electron chi connectivity index (χ2n) is 7.23. The van der Waals surface area contributed by atoms with E-state index in [0.717, 1.165) is 6.26 Å². The van der Waals surface area contributed by atoms with E-state index in [1.165, 1.54) is 10.4 Å². The van der Waals surface area contributed by atoms with E-state index < -0.39 is 10.0 Å². The van der Waals surface area contributed by atoms with E-state index in [1.807, 2.05) is 4.90 Å². The number of rotatable bonds is 7. The molecule has 0 atom stereocenters. The number of amides is 1. The molecule has 0 aliphatic carbocycles. The molecule has 0 aromatic heterocycles. The monoisotopic (exact) mass is 453 g/mol. The van der Waals surface area contributed by atoms with Crippen LogP contribution >= 0.6 is 11.6 Å². The molecule has 0 N–H and O–H groups in total. The number of carbonyl (C=O) groups excluding carboxylic acids is 1. The molecule has 6 nitrogen and oxygen atoms in total. The Hall–Kier alpha value is -2.32. The van der Waals surface area contributed by atoms with E-state index in [-0.39, 0.29) is 24.7 Å². The number of halogens is 2. The number of nitrogens with zero attached hydrogens (tertiary/aromatic N) is 3. The predicted molar refractivity (Wildman–Crippen MR) is 118 cm³/mol. The number of piperazine rings is 1. The number of para-hydroxylation sites is 1. The van der Waals surface area contributed by atoms with Crippen LogP contribution in [0.4, 0.5) is 15.8 Å². The Kier molecular flexibility index (Phi) is 7.20. The molecule has 1 amide bonds. The van der Waals surface area contributed by atoms with E-state index in [1.54, 1.807) is 47.4 Å². The van der Waals surface area contributed by atoms with Gasteiger partial charge >= 0.3 is 0 Å². The molecular weight excluding hydrogens is 429 g/mol. The lowest BCUT2D eigenvalue weighted by molar-refractivity contribution is -0.131. The summed E-state index contributed by atoms with van der Waals surface area (Å²) in [6.45, 7) is 2.36. The standard InChI is InChI=1S/C21H25ClFN3O3S/c1-30(28,29)26(18-10-8-17(22)9-11-18)12-4-7-21(27)25-15-13-24(14-16-25)20-6-3-2-5-19(20)23/h2-3,5-6,8-11H,4,7,12-16H2,1H3. The van der Waals surface area contributed by atoms with Crippen LogP contribution in [-0.2, 0) is 14.8 Å². The molecule has 1 aliphatic heterocycles. The highest BCUT2D eigenvalue weighted by molar-refractivity contribution is 7.92. The van der Waals surface area contributed by atoms with Crippen molar-refractivity contribution in [1.82, 2.24) is 4.90 Å². The first-order valence-corrected chi connectivity index (χ1v) is 12.0. The minimum absolute atomic E-state index is 0.0206. The molecule has 0 spiro atoms. The number of hydrogen-bond donors (Lipinski definition) is 0. The first kappa shape index (κ1) is 22.4. The molecule has 1 saturated heterocycles. The van der Waals surface area contributed by atoms with Crippen molar-refractivity contribution in [1.29, 1.82) is 0 Å². The maximum absolute atomic E-state index is 13.9. The first-order valence-electron chi connectivity index (χ1n) is 9.76. The maximum Gasteiger partial charge on any atom is 0.232 e. The molecule has 162 valence electrons. The summed E-state index contributed by atoms with van der Waals surface area (Å²) < 4.78 is 39.5. The quantitative estimate of drug-likeness (QED) is 0.644. The molecule has 2 aromatic carbocycles. The normalized spacial score (nSPS) is 14.6. The molecule has 9 heteroatoms. The zero-order valence-corrected chi connectivity index (χ0v) is 18.4. The summed E-state index contributed by atoms with van der Waals surface area (Å²) >= 11 is 5.88. The topological polar surface area (TPSA) is 60.9 Å². The second kappa shape index (κ2) is 9.66. The van der Waals surface area contributed by atoms with Crippen molar-refractivity contribution in [2.75, 3.05) is 48.2 Å². The van der Waals surface area contributed by atoms with Gasteiger partial charge in [0.25, 0.3) is 0 Å². The van der Waals surface area contributed by atoms with E-state index in [0.29, 0.717) is 49.0 Å². The van der Waals surface area contributed by atoms with Gasteiger partial charge in [-0.3, -0.25) is 9.10 Å². The molecule has 1 aliphatic rings. The van der Waals surface area contributed by atoms with Crippen molar-refractivity contribution in [2.24, 2.45) is 0 Å². The fraction of sp³-hybridized carbons (Fsp3) is 0.381. The van der Waals surface area contributed by atoms with E-state index >= 15 is 0 Å².